The predicted octanol–water partition coefficient (Wildman–Crippen LogP) is 3.12. The first-order chi connectivity index (χ1) is 13.9. The number of hydrogen-bond donors (Lipinski definition) is 2. The van der Waals surface area contributed by atoms with Crippen molar-refractivity contribution in [1.82, 2.24) is 5.32 Å². The Morgan fingerprint density at radius 3 is 2.48 bits per heavy atom. The number of benzene rings is 2. The molecular weight excluding hydrogens is 372 g/mol. The summed E-state index contributed by atoms with van der Waals surface area (Å²) < 4.78 is 0. The third kappa shape index (κ3) is 4.53. The first kappa shape index (κ1) is 20.3. The molecule has 1 aliphatic heterocycles. The molecular formula is C21H24N4O4. The van der Waals surface area contributed by atoms with E-state index in [0.29, 0.717) is 42.9 Å². The van der Waals surface area contributed by atoms with Gasteiger partial charge in [0.25, 0.3) is 11.6 Å². The predicted molar refractivity (Wildman–Crippen MR) is 111 cm³/mol. The van der Waals surface area contributed by atoms with Gasteiger partial charge >= 0.3 is 0 Å². The maximum absolute atomic E-state index is 12.8. The highest BCUT2D eigenvalue weighted by Gasteiger charge is 2.28. The summed E-state index contributed by atoms with van der Waals surface area (Å²) in [5, 5.41) is 16.8. The van der Waals surface area contributed by atoms with E-state index in [-0.39, 0.29) is 28.3 Å². The van der Waals surface area contributed by atoms with Gasteiger partial charge in [-0.3, -0.25) is 19.7 Å². The number of carbonyl (C=O) groups excluding carboxylic acids is 2. The number of amides is 2. The highest BCUT2D eigenvalue weighted by Crippen LogP contribution is 2.31. The fourth-order valence-electron chi connectivity index (χ4n) is 3.55. The molecule has 2 amide bonds. The normalized spacial score (nSPS) is 14.3. The third-order valence-electron chi connectivity index (χ3n) is 5.27. The number of aryl methyl sites for hydroxylation is 1. The van der Waals surface area contributed by atoms with Crippen LogP contribution < -0.4 is 15.5 Å². The summed E-state index contributed by atoms with van der Waals surface area (Å²) in [7, 11) is 1.56. The van der Waals surface area contributed by atoms with E-state index in [4.69, 9.17) is 0 Å². The van der Waals surface area contributed by atoms with Crippen LogP contribution in [0.15, 0.2) is 42.5 Å². The molecule has 0 aliphatic carbocycles. The summed E-state index contributed by atoms with van der Waals surface area (Å²) in [5.41, 5.74) is 2.66. The molecule has 8 heteroatoms. The van der Waals surface area contributed by atoms with E-state index in [0.717, 1.165) is 5.56 Å². The summed E-state index contributed by atoms with van der Waals surface area (Å²) >= 11 is 0. The van der Waals surface area contributed by atoms with Gasteiger partial charge in [0, 0.05) is 43.4 Å². The number of nitro benzene ring substituents is 1. The van der Waals surface area contributed by atoms with E-state index >= 15 is 0 Å². The Morgan fingerprint density at radius 2 is 1.83 bits per heavy atom. The van der Waals surface area contributed by atoms with Gasteiger partial charge in [-0.1, -0.05) is 18.2 Å². The van der Waals surface area contributed by atoms with Crippen LogP contribution in [-0.2, 0) is 4.79 Å². The fourth-order valence-corrected chi connectivity index (χ4v) is 3.55. The van der Waals surface area contributed by atoms with Gasteiger partial charge in [-0.2, -0.15) is 0 Å². The van der Waals surface area contributed by atoms with Crippen molar-refractivity contribution in [3.63, 3.8) is 0 Å². The zero-order chi connectivity index (χ0) is 21.0. The minimum absolute atomic E-state index is 0.0806. The quantitative estimate of drug-likeness (QED) is 0.597. The summed E-state index contributed by atoms with van der Waals surface area (Å²) in [6.07, 6.45) is 1.21. The molecule has 0 saturated carbocycles. The van der Waals surface area contributed by atoms with Gasteiger partial charge in [0.2, 0.25) is 5.91 Å². The molecule has 0 radical (unpaired) electrons. The SMILES string of the molecule is CNC(=O)c1ccc(C)c(NC(=O)C2CCN(c3ccccc3[N+](=O)[O-])CC2)c1. The van der Waals surface area contributed by atoms with Crippen LogP contribution in [0.3, 0.4) is 0 Å². The molecule has 0 atom stereocenters. The van der Waals surface area contributed by atoms with Crippen molar-refractivity contribution in [2.75, 3.05) is 30.4 Å². The summed E-state index contributed by atoms with van der Waals surface area (Å²) in [6.45, 7) is 3.01. The number of anilines is 2. The molecule has 2 aromatic rings. The van der Waals surface area contributed by atoms with E-state index in [9.17, 15) is 19.7 Å². The van der Waals surface area contributed by atoms with Gasteiger partial charge in [0.1, 0.15) is 5.69 Å². The number of rotatable bonds is 5. The Kier molecular flexibility index (Phi) is 6.11. The van der Waals surface area contributed by atoms with Gasteiger partial charge in [-0.05, 0) is 43.5 Å². The first-order valence-corrected chi connectivity index (χ1v) is 9.52. The van der Waals surface area contributed by atoms with E-state index < -0.39 is 0 Å². The number of nitro groups is 1. The molecule has 1 aliphatic rings. The standard InChI is InChI=1S/C21H24N4O4/c1-14-7-8-16(20(26)22-2)13-17(14)23-21(27)15-9-11-24(12-10-15)18-5-3-4-6-19(18)25(28)29/h3-8,13,15H,9-12H2,1-2H3,(H,22,26)(H,23,27). The Hall–Kier alpha value is -3.42. The van der Waals surface area contributed by atoms with Crippen molar-refractivity contribution < 1.29 is 14.5 Å². The number of piperidine rings is 1. The molecule has 0 aromatic heterocycles. The molecule has 29 heavy (non-hydrogen) atoms. The van der Waals surface area contributed by atoms with Crippen molar-refractivity contribution >= 4 is 28.9 Å². The highest BCUT2D eigenvalue weighted by molar-refractivity contribution is 5.98. The molecule has 0 unspecified atom stereocenters. The molecule has 2 aromatic carbocycles. The average molecular weight is 396 g/mol. The maximum Gasteiger partial charge on any atom is 0.292 e. The molecule has 1 heterocycles. The summed E-state index contributed by atoms with van der Waals surface area (Å²) in [5.74, 6) is -0.486. The van der Waals surface area contributed by atoms with E-state index in [1.807, 2.05) is 11.8 Å². The lowest BCUT2D eigenvalue weighted by Gasteiger charge is -2.32. The van der Waals surface area contributed by atoms with Gasteiger partial charge in [0.15, 0.2) is 0 Å². The maximum atomic E-state index is 12.8. The Bertz CT molecular complexity index is 936. The zero-order valence-corrected chi connectivity index (χ0v) is 16.5. The van der Waals surface area contributed by atoms with Gasteiger partial charge in [-0.15, -0.1) is 0 Å². The molecule has 152 valence electrons. The number of nitrogens with one attached hydrogen (secondary N) is 2. The largest absolute Gasteiger partial charge is 0.366 e. The van der Waals surface area contributed by atoms with Gasteiger partial charge in [0.05, 0.1) is 4.92 Å². The van der Waals surface area contributed by atoms with E-state index in [1.54, 1.807) is 43.4 Å². The number of nitrogens with zero attached hydrogens (tertiary/aromatic N) is 2. The van der Waals surface area contributed by atoms with Crippen LogP contribution in [0.4, 0.5) is 17.1 Å². The number of carbonyl (C=O) groups is 2. The highest BCUT2D eigenvalue weighted by atomic mass is 16.6. The fraction of sp³-hybridized carbons (Fsp3) is 0.333. The van der Waals surface area contributed by atoms with Crippen LogP contribution >= 0.6 is 0 Å². The molecule has 1 saturated heterocycles. The van der Waals surface area contributed by atoms with Crippen molar-refractivity contribution in [3.05, 3.63) is 63.7 Å². The van der Waals surface area contributed by atoms with Crippen molar-refractivity contribution in [3.8, 4) is 0 Å². The van der Waals surface area contributed by atoms with Crippen LogP contribution in [0.2, 0.25) is 0 Å². The molecule has 2 N–H and O–H groups in total. The monoisotopic (exact) mass is 396 g/mol. The second-order valence-electron chi connectivity index (χ2n) is 7.11. The lowest BCUT2D eigenvalue weighted by Crippen LogP contribution is -2.38. The van der Waals surface area contributed by atoms with Gasteiger partial charge < -0.3 is 15.5 Å². The van der Waals surface area contributed by atoms with Crippen molar-refractivity contribution in [2.45, 2.75) is 19.8 Å². The lowest BCUT2D eigenvalue weighted by molar-refractivity contribution is -0.384. The van der Waals surface area contributed by atoms with Crippen LogP contribution in [0.1, 0.15) is 28.8 Å². The summed E-state index contributed by atoms with van der Waals surface area (Å²) in [4.78, 5) is 37.4. The van der Waals surface area contributed by atoms with Crippen LogP contribution in [0, 0.1) is 23.0 Å². The van der Waals surface area contributed by atoms with Crippen molar-refractivity contribution in [1.29, 1.82) is 0 Å². The molecule has 0 bridgehead atoms. The lowest BCUT2D eigenvalue weighted by atomic mass is 9.95. The third-order valence-corrected chi connectivity index (χ3v) is 5.27. The Balaban J connectivity index is 1.66. The topological polar surface area (TPSA) is 105 Å². The van der Waals surface area contributed by atoms with Crippen molar-refractivity contribution in [2.24, 2.45) is 5.92 Å². The van der Waals surface area contributed by atoms with E-state index in [2.05, 4.69) is 10.6 Å². The number of para-hydroxylation sites is 2. The Morgan fingerprint density at radius 1 is 1.14 bits per heavy atom. The Labute approximate surface area is 169 Å². The minimum Gasteiger partial charge on any atom is -0.366 e. The number of hydrogen-bond acceptors (Lipinski definition) is 5. The van der Waals surface area contributed by atoms with Crippen LogP contribution in [0.25, 0.3) is 0 Å². The molecule has 0 spiro atoms. The van der Waals surface area contributed by atoms with Crippen LogP contribution in [-0.4, -0.2) is 36.9 Å². The second kappa shape index (κ2) is 8.72. The zero-order valence-electron chi connectivity index (χ0n) is 16.5. The molecule has 3 rings (SSSR count). The summed E-state index contributed by atoms with van der Waals surface area (Å²) in [6, 6.07) is 11.9. The van der Waals surface area contributed by atoms with E-state index in [1.165, 1.54) is 6.07 Å². The molecule has 1 fully saturated rings. The van der Waals surface area contributed by atoms with Crippen LogP contribution in [0.5, 0.6) is 0 Å². The smallest absolute Gasteiger partial charge is 0.292 e. The molecule has 8 nitrogen and oxygen atoms in total. The first-order valence-electron chi connectivity index (χ1n) is 9.52. The second-order valence-corrected chi connectivity index (χ2v) is 7.11. The average Bonchev–Trinajstić information content (AvgIpc) is 2.74. The minimum atomic E-state index is -0.379. The van der Waals surface area contributed by atoms with Gasteiger partial charge in [-0.25, -0.2) is 0 Å².